The van der Waals surface area contributed by atoms with Crippen LogP contribution in [-0.2, 0) is 19.1 Å². The van der Waals surface area contributed by atoms with E-state index < -0.39 is 11.7 Å². The molecule has 23 heavy (non-hydrogen) atoms. The van der Waals surface area contributed by atoms with Crippen molar-refractivity contribution in [1.29, 1.82) is 0 Å². The topological polar surface area (TPSA) is 93.7 Å². The molecule has 2 amide bonds. The lowest BCUT2D eigenvalue weighted by Crippen LogP contribution is -2.58. The fourth-order valence-corrected chi connectivity index (χ4v) is 2.84. The SMILES string of the molecule is COC(=O)[C@H]1CC[C@@H]1NC(=O)[C@H]1CC[C@@H]1NC(=O)OC(C)(C)C. The van der Waals surface area contributed by atoms with Crippen molar-refractivity contribution in [2.24, 2.45) is 11.8 Å². The molecule has 0 aliphatic heterocycles. The summed E-state index contributed by atoms with van der Waals surface area (Å²) < 4.78 is 9.93. The molecule has 0 heterocycles. The van der Waals surface area contributed by atoms with E-state index in [1.807, 2.05) is 0 Å². The second-order valence-electron chi connectivity index (χ2n) is 7.26. The summed E-state index contributed by atoms with van der Waals surface area (Å²) in [4.78, 5) is 35.6. The summed E-state index contributed by atoms with van der Waals surface area (Å²) in [7, 11) is 1.35. The van der Waals surface area contributed by atoms with Crippen molar-refractivity contribution in [3.05, 3.63) is 0 Å². The summed E-state index contributed by atoms with van der Waals surface area (Å²) in [5, 5.41) is 5.65. The highest BCUT2D eigenvalue weighted by atomic mass is 16.6. The molecule has 130 valence electrons. The minimum atomic E-state index is -0.564. The quantitative estimate of drug-likeness (QED) is 0.761. The normalized spacial score (nSPS) is 29.6. The van der Waals surface area contributed by atoms with E-state index in [4.69, 9.17) is 9.47 Å². The Labute approximate surface area is 136 Å². The number of rotatable bonds is 4. The third-order valence-electron chi connectivity index (χ3n) is 4.42. The van der Waals surface area contributed by atoms with Crippen LogP contribution in [0.4, 0.5) is 4.79 Å². The summed E-state index contributed by atoms with van der Waals surface area (Å²) in [5.41, 5.74) is -0.564. The molecule has 0 spiro atoms. The van der Waals surface area contributed by atoms with E-state index >= 15 is 0 Å². The molecular weight excluding hydrogens is 300 g/mol. The van der Waals surface area contributed by atoms with E-state index in [-0.39, 0.29) is 35.8 Å². The van der Waals surface area contributed by atoms with Gasteiger partial charge in [0.2, 0.25) is 5.91 Å². The van der Waals surface area contributed by atoms with Gasteiger partial charge in [-0.2, -0.15) is 0 Å². The molecule has 0 aromatic carbocycles. The number of nitrogens with one attached hydrogen (secondary N) is 2. The molecule has 0 aromatic rings. The second kappa shape index (κ2) is 6.76. The maximum atomic E-state index is 12.3. The Bertz CT molecular complexity index is 485. The van der Waals surface area contributed by atoms with Gasteiger partial charge >= 0.3 is 12.1 Å². The van der Waals surface area contributed by atoms with Crippen LogP contribution in [0, 0.1) is 11.8 Å². The molecule has 7 nitrogen and oxygen atoms in total. The number of methoxy groups -OCH3 is 1. The summed E-state index contributed by atoms with van der Waals surface area (Å²) in [6.07, 6.45) is 2.49. The first-order valence-electron chi connectivity index (χ1n) is 8.09. The summed E-state index contributed by atoms with van der Waals surface area (Å²) in [6, 6.07) is -0.362. The fourth-order valence-electron chi connectivity index (χ4n) is 2.84. The minimum Gasteiger partial charge on any atom is -0.469 e. The van der Waals surface area contributed by atoms with Gasteiger partial charge in [0.25, 0.3) is 0 Å². The molecule has 2 aliphatic rings. The molecule has 0 radical (unpaired) electrons. The van der Waals surface area contributed by atoms with Crippen LogP contribution in [0.5, 0.6) is 0 Å². The number of hydrogen-bond donors (Lipinski definition) is 2. The Hall–Kier alpha value is -1.79. The van der Waals surface area contributed by atoms with Crippen molar-refractivity contribution in [3.63, 3.8) is 0 Å². The molecule has 0 bridgehead atoms. The highest BCUT2D eigenvalue weighted by Crippen LogP contribution is 2.32. The molecule has 0 aromatic heterocycles. The van der Waals surface area contributed by atoms with Gasteiger partial charge < -0.3 is 20.1 Å². The Balaban J connectivity index is 1.79. The monoisotopic (exact) mass is 326 g/mol. The van der Waals surface area contributed by atoms with Crippen molar-refractivity contribution in [2.75, 3.05) is 7.11 Å². The average Bonchev–Trinajstić information content (AvgIpc) is 2.37. The van der Waals surface area contributed by atoms with Crippen LogP contribution in [0.2, 0.25) is 0 Å². The van der Waals surface area contributed by atoms with Crippen LogP contribution < -0.4 is 10.6 Å². The number of hydrogen-bond acceptors (Lipinski definition) is 5. The summed E-state index contributed by atoms with van der Waals surface area (Å²) >= 11 is 0. The fraction of sp³-hybridized carbons (Fsp3) is 0.812. The van der Waals surface area contributed by atoms with Gasteiger partial charge in [0.1, 0.15) is 5.60 Å². The molecule has 0 unspecified atom stereocenters. The van der Waals surface area contributed by atoms with E-state index in [9.17, 15) is 14.4 Å². The first kappa shape index (κ1) is 17.6. The first-order chi connectivity index (χ1) is 10.7. The maximum Gasteiger partial charge on any atom is 0.407 e. The van der Waals surface area contributed by atoms with Gasteiger partial charge in [-0.1, -0.05) is 0 Å². The lowest BCUT2D eigenvalue weighted by molar-refractivity contribution is -0.150. The Morgan fingerprint density at radius 3 is 1.91 bits per heavy atom. The van der Waals surface area contributed by atoms with Crippen LogP contribution in [0.3, 0.4) is 0 Å². The molecule has 2 N–H and O–H groups in total. The predicted octanol–water partition coefficient (Wildman–Crippen LogP) is 1.36. The largest absolute Gasteiger partial charge is 0.469 e. The second-order valence-corrected chi connectivity index (χ2v) is 7.26. The molecule has 2 saturated carbocycles. The number of esters is 1. The molecule has 7 heteroatoms. The van der Waals surface area contributed by atoms with Crippen LogP contribution in [0.15, 0.2) is 0 Å². The number of ether oxygens (including phenoxy) is 2. The number of alkyl carbamates (subject to hydrolysis) is 1. The van der Waals surface area contributed by atoms with E-state index in [2.05, 4.69) is 10.6 Å². The van der Waals surface area contributed by atoms with Crippen LogP contribution in [0.1, 0.15) is 46.5 Å². The number of carbonyl (C=O) groups excluding carboxylic acids is 3. The van der Waals surface area contributed by atoms with Gasteiger partial charge in [0.15, 0.2) is 0 Å². The van der Waals surface area contributed by atoms with E-state index in [1.54, 1.807) is 20.8 Å². The predicted molar refractivity (Wildman–Crippen MR) is 82.6 cm³/mol. The average molecular weight is 326 g/mol. The first-order valence-corrected chi connectivity index (χ1v) is 8.09. The van der Waals surface area contributed by atoms with Gasteiger partial charge in [-0.3, -0.25) is 9.59 Å². The van der Waals surface area contributed by atoms with E-state index in [0.717, 1.165) is 25.7 Å². The van der Waals surface area contributed by atoms with Crippen molar-refractivity contribution in [3.8, 4) is 0 Å². The van der Waals surface area contributed by atoms with Crippen molar-refractivity contribution in [2.45, 2.75) is 64.1 Å². The molecule has 2 aliphatic carbocycles. The Morgan fingerprint density at radius 1 is 0.913 bits per heavy atom. The van der Waals surface area contributed by atoms with Crippen LogP contribution in [-0.4, -0.2) is 42.8 Å². The summed E-state index contributed by atoms with van der Waals surface area (Å²) in [5.74, 6) is -0.905. The zero-order valence-electron chi connectivity index (χ0n) is 14.2. The van der Waals surface area contributed by atoms with E-state index in [1.165, 1.54) is 7.11 Å². The highest BCUT2D eigenvalue weighted by Gasteiger charge is 2.43. The molecule has 2 rings (SSSR count). The molecule has 2 fully saturated rings. The Morgan fingerprint density at radius 2 is 1.48 bits per heavy atom. The van der Waals surface area contributed by atoms with E-state index in [0.29, 0.717) is 0 Å². The molecular formula is C16H26N2O5. The van der Waals surface area contributed by atoms with Crippen LogP contribution in [0.25, 0.3) is 0 Å². The smallest absolute Gasteiger partial charge is 0.407 e. The summed E-state index contributed by atoms with van der Waals surface area (Å²) in [6.45, 7) is 5.38. The minimum absolute atomic E-state index is 0.115. The number of amides is 2. The van der Waals surface area contributed by atoms with Crippen molar-refractivity contribution in [1.82, 2.24) is 10.6 Å². The standard InChI is InChI=1S/C16H26N2O5/c1-16(2,3)23-15(21)18-11-7-5-9(11)13(19)17-12-8-6-10(12)14(20)22-4/h9-12H,5-8H2,1-4H3,(H,17,19)(H,18,21)/t9-,10-,11-,12-/m0/s1. The Kier molecular flexibility index (Phi) is 5.16. The van der Waals surface area contributed by atoms with Crippen molar-refractivity contribution < 1.29 is 23.9 Å². The number of carbonyl (C=O) groups is 3. The molecule has 0 saturated heterocycles. The van der Waals surface area contributed by atoms with Crippen LogP contribution >= 0.6 is 0 Å². The van der Waals surface area contributed by atoms with Gasteiger partial charge in [-0.15, -0.1) is 0 Å². The maximum absolute atomic E-state index is 12.3. The molecule has 4 atom stereocenters. The lowest BCUT2D eigenvalue weighted by atomic mass is 9.76. The highest BCUT2D eigenvalue weighted by molar-refractivity contribution is 5.83. The zero-order valence-corrected chi connectivity index (χ0v) is 14.2. The third-order valence-corrected chi connectivity index (χ3v) is 4.42. The lowest BCUT2D eigenvalue weighted by Gasteiger charge is -2.40. The zero-order chi connectivity index (χ0) is 17.2. The van der Waals surface area contributed by atoms with Gasteiger partial charge in [-0.05, 0) is 46.5 Å². The van der Waals surface area contributed by atoms with Crippen molar-refractivity contribution >= 4 is 18.0 Å². The van der Waals surface area contributed by atoms with Gasteiger partial charge in [-0.25, -0.2) is 4.79 Å². The van der Waals surface area contributed by atoms with Gasteiger partial charge in [0, 0.05) is 12.1 Å². The third kappa shape index (κ3) is 4.36. The van der Waals surface area contributed by atoms with Gasteiger partial charge in [0.05, 0.1) is 18.9 Å².